The molecule has 0 spiro atoms. The minimum atomic E-state index is 0.924. The van der Waals surface area contributed by atoms with Crippen LogP contribution in [0.2, 0.25) is 0 Å². The Bertz CT molecular complexity index is 2890. The van der Waals surface area contributed by atoms with Crippen LogP contribution in [-0.4, -0.2) is 56.4 Å². The highest BCUT2D eigenvalue weighted by molar-refractivity contribution is 5.77. The highest BCUT2D eigenvalue weighted by Gasteiger charge is 2.04. The molecule has 0 aliphatic carbocycles. The van der Waals surface area contributed by atoms with Gasteiger partial charge in [0.1, 0.15) is 0 Å². The molecule has 0 bridgehead atoms. The molecule has 0 heterocycles. The summed E-state index contributed by atoms with van der Waals surface area (Å²) in [4.78, 5) is 8.34. The largest absolute Gasteiger partial charge is 0.378 e. The third-order valence-corrected chi connectivity index (χ3v) is 10.9. The zero-order valence-electron chi connectivity index (χ0n) is 39.1. The molecule has 0 aliphatic heterocycles. The van der Waals surface area contributed by atoms with Crippen molar-refractivity contribution in [2.24, 2.45) is 0 Å². The number of hydrogen-bond acceptors (Lipinski definition) is 4. The molecule has 0 atom stereocenters. The van der Waals surface area contributed by atoms with Crippen molar-refractivity contribution in [3.05, 3.63) is 224 Å². The summed E-state index contributed by atoms with van der Waals surface area (Å²) < 4.78 is 0. The van der Waals surface area contributed by atoms with Crippen molar-refractivity contribution in [1.29, 1.82) is 0 Å². The average molecular weight is 855 g/mol. The van der Waals surface area contributed by atoms with Gasteiger partial charge in [0.2, 0.25) is 0 Å². The van der Waals surface area contributed by atoms with Gasteiger partial charge in [0.05, 0.1) is 0 Å². The molecular weight excluding hydrogens is 801 g/mol. The second-order valence-corrected chi connectivity index (χ2v) is 16.7. The minimum Gasteiger partial charge on any atom is -0.378 e. The fourth-order valence-electron chi connectivity index (χ4n) is 6.81. The Morgan fingerprint density at radius 1 is 0.258 bits per heavy atom. The van der Waals surface area contributed by atoms with Crippen LogP contribution in [-0.2, 0) is 0 Å². The summed E-state index contributed by atoms with van der Waals surface area (Å²) in [5.74, 6) is 27.0. The van der Waals surface area contributed by atoms with Gasteiger partial charge < -0.3 is 19.6 Å². The van der Waals surface area contributed by atoms with Gasteiger partial charge in [0, 0.05) is 124 Å². The van der Waals surface area contributed by atoms with E-state index in [-0.39, 0.29) is 0 Å². The van der Waals surface area contributed by atoms with Gasteiger partial charge in [-0.05, 0) is 156 Å². The van der Waals surface area contributed by atoms with Gasteiger partial charge in [-0.15, -0.1) is 0 Å². The molecule has 7 aromatic carbocycles. The van der Waals surface area contributed by atoms with Crippen LogP contribution < -0.4 is 19.6 Å². The summed E-state index contributed by atoms with van der Waals surface area (Å²) >= 11 is 0. The van der Waals surface area contributed by atoms with Gasteiger partial charge >= 0.3 is 0 Å². The maximum absolute atomic E-state index is 3.43. The highest BCUT2D eigenvalue weighted by atomic mass is 15.1. The van der Waals surface area contributed by atoms with Crippen LogP contribution in [0.5, 0.6) is 0 Å². The van der Waals surface area contributed by atoms with Gasteiger partial charge in [0.25, 0.3) is 0 Å². The lowest BCUT2D eigenvalue weighted by atomic mass is 10.0. The quantitative estimate of drug-likeness (QED) is 0.112. The highest BCUT2D eigenvalue weighted by Crippen LogP contribution is 2.21. The zero-order chi connectivity index (χ0) is 46.4. The standard InChI is InChI=1S/C62H54N4/c1-63(2)59-37-23-49(24-38-59)13-15-53-21-33-55(31-17-51-27-41-61(42-28-51)65(5)6)57(45-53)35-19-47-9-11-48(12-10-47)20-36-58-46-54(16-14-50-25-39-60(40-26-50)64(3)4)22-34-56(58)32-18-52-29-43-62(44-30-52)66(7)8/h9-12,19-30,33-46H,1-8H3/b35-19+,36-20+. The zero-order valence-corrected chi connectivity index (χ0v) is 39.1. The molecule has 0 saturated carbocycles. The Labute approximate surface area is 393 Å². The number of nitrogens with zero attached hydrogens (tertiary/aromatic N) is 4. The fraction of sp³-hybridized carbons (Fsp3) is 0.129. The molecule has 7 aromatic rings. The Kier molecular flexibility index (Phi) is 15.0. The van der Waals surface area contributed by atoms with Crippen molar-refractivity contribution in [2.45, 2.75) is 0 Å². The SMILES string of the molecule is CN(C)c1ccc(C#Cc2ccc(C#Cc3ccc(N(C)C)cc3)c(/C=C/c3ccc(/C=C/c4cc(C#Cc5ccc(N(C)C)cc5)ccc4C#Cc4ccc(N(C)C)cc4)cc3)c2)cc1. The maximum atomic E-state index is 3.43. The summed E-state index contributed by atoms with van der Waals surface area (Å²) in [6, 6.07) is 54.2. The third kappa shape index (κ3) is 12.8. The topological polar surface area (TPSA) is 13.0 Å². The summed E-state index contributed by atoms with van der Waals surface area (Å²) in [6.07, 6.45) is 8.52. The predicted molar refractivity (Wildman–Crippen MR) is 284 cm³/mol. The molecule has 0 amide bonds. The van der Waals surface area contributed by atoms with Crippen LogP contribution in [0.3, 0.4) is 0 Å². The van der Waals surface area contributed by atoms with Crippen molar-refractivity contribution in [1.82, 2.24) is 0 Å². The van der Waals surface area contributed by atoms with Gasteiger partial charge in [-0.25, -0.2) is 0 Å². The molecule has 0 saturated heterocycles. The van der Waals surface area contributed by atoms with Crippen molar-refractivity contribution in [3.63, 3.8) is 0 Å². The summed E-state index contributed by atoms with van der Waals surface area (Å²) in [7, 11) is 16.3. The van der Waals surface area contributed by atoms with E-state index in [4.69, 9.17) is 0 Å². The Balaban J connectivity index is 1.15. The van der Waals surface area contributed by atoms with E-state index < -0.39 is 0 Å². The molecule has 0 aromatic heterocycles. The normalized spacial score (nSPS) is 10.4. The van der Waals surface area contributed by atoms with Gasteiger partial charge in [-0.2, -0.15) is 0 Å². The smallest absolute Gasteiger partial charge is 0.0361 e. The first-order valence-corrected chi connectivity index (χ1v) is 21.9. The third-order valence-electron chi connectivity index (χ3n) is 10.9. The molecule has 4 heteroatoms. The van der Waals surface area contributed by atoms with E-state index in [1.807, 2.05) is 68.5 Å². The number of anilines is 4. The van der Waals surface area contributed by atoms with Gasteiger partial charge in [0.15, 0.2) is 0 Å². The Morgan fingerprint density at radius 2 is 0.500 bits per heavy atom. The average Bonchev–Trinajstić information content (AvgIpc) is 3.33. The van der Waals surface area contributed by atoms with Gasteiger partial charge in [-0.1, -0.05) is 95.9 Å². The monoisotopic (exact) mass is 854 g/mol. The molecule has 0 radical (unpaired) electrons. The van der Waals surface area contributed by atoms with Crippen molar-refractivity contribution < 1.29 is 0 Å². The Morgan fingerprint density at radius 3 is 0.773 bits per heavy atom. The maximum Gasteiger partial charge on any atom is 0.0361 e. The molecule has 0 fully saturated rings. The first kappa shape index (κ1) is 45.5. The van der Waals surface area contributed by atoms with Crippen LogP contribution in [0.15, 0.2) is 158 Å². The van der Waals surface area contributed by atoms with E-state index in [1.54, 1.807) is 0 Å². The van der Waals surface area contributed by atoms with Crippen LogP contribution in [0.4, 0.5) is 22.7 Å². The van der Waals surface area contributed by atoms with E-state index in [0.717, 1.165) is 89.5 Å². The first-order valence-electron chi connectivity index (χ1n) is 21.9. The molecule has 0 aliphatic rings. The summed E-state index contributed by atoms with van der Waals surface area (Å²) in [5, 5.41) is 0. The summed E-state index contributed by atoms with van der Waals surface area (Å²) in [5.41, 5.74) is 16.3. The van der Waals surface area contributed by atoms with Crippen LogP contribution in [0, 0.1) is 47.4 Å². The van der Waals surface area contributed by atoms with Crippen molar-refractivity contribution in [2.75, 3.05) is 76.0 Å². The van der Waals surface area contributed by atoms with Gasteiger partial charge in [-0.3, -0.25) is 0 Å². The predicted octanol–water partition coefficient (Wildman–Crippen LogP) is 11.9. The van der Waals surface area contributed by atoms with Crippen LogP contribution in [0.25, 0.3) is 24.3 Å². The van der Waals surface area contributed by atoms with Crippen molar-refractivity contribution >= 4 is 47.1 Å². The number of benzene rings is 7. The minimum absolute atomic E-state index is 0.924. The van der Waals surface area contributed by atoms with E-state index in [1.165, 1.54) is 0 Å². The molecule has 322 valence electrons. The molecule has 7 rings (SSSR count). The molecular formula is C62H54N4. The van der Waals surface area contributed by atoms with E-state index in [2.05, 4.69) is 237 Å². The van der Waals surface area contributed by atoms with E-state index >= 15 is 0 Å². The fourth-order valence-corrected chi connectivity index (χ4v) is 6.81. The van der Waals surface area contributed by atoms with Crippen LogP contribution >= 0.6 is 0 Å². The van der Waals surface area contributed by atoms with E-state index in [9.17, 15) is 0 Å². The van der Waals surface area contributed by atoms with Crippen LogP contribution in [0.1, 0.15) is 66.8 Å². The lowest BCUT2D eigenvalue weighted by Crippen LogP contribution is -2.07. The lowest BCUT2D eigenvalue weighted by Gasteiger charge is -2.11. The molecule has 66 heavy (non-hydrogen) atoms. The van der Waals surface area contributed by atoms with E-state index in [0.29, 0.717) is 0 Å². The van der Waals surface area contributed by atoms with Crippen molar-refractivity contribution in [3.8, 4) is 47.4 Å². The molecule has 4 nitrogen and oxygen atoms in total. The Hall–Kier alpha value is -8.54. The lowest BCUT2D eigenvalue weighted by molar-refractivity contribution is 1.13. The summed E-state index contributed by atoms with van der Waals surface area (Å²) in [6.45, 7) is 0. The molecule has 0 N–H and O–H groups in total. The molecule has 0 unspecified atom stereocenters. The second kappa shape index (κ2) is 21.7. The second-order valence-electron chi connectivity index (χ2n) is 16.7. The number of hydrogen-bond donors (Lipinski definition) is 0. The number of rotatable bonds is 8. The first-order chi connectivity index (χ1) is 31.9.